The van der Waals surface area contributed by atoms with E-state index in [9.17, 15) is 9.59 Å². The lowest BCUT2D eigenvalue weighted by Crippen LogP contribution is -2.39. The normalized spacial score (nSPS) is 20.2. The van der Waals surface area contributed by atoms with Crippen molar-refractivity contribution in [2.75, 3.05) is 0 Å². The maximum atomic E-state index is 11.9. The van der Waals surface area contributed by atoms with Crippen LogP contribution in [-0.2, 0) is 9.59 Å². The van der Waals surface area contributed by atoms with Gasteiger partial charge in [0.05, 0.1) is 17.6 Å². The number of rotatable bonds is 1. The molecule has 1 fully saturated rings. The van der Waals surface area contributed by atoms with Crippen molar-refractivity contribution < 1.29 is 9.59 Å². The van der Waals surface area contributed by atoms with E-state index >= 15 is 0 Å². The Morgan fingerprint density at radius 3 is 2.94 bits per heavy atom. The number of hydrogen-bond donors (Lipinski definition) is 2. The molecule has 0 radical (unpaired) electrons. The van der Waals surface area contributed by atoms with E-state index in [0.29, 0.717) is 12.8 Å². The molecule has 1 aliphatic heterocycles. The van der Waals surface area contributed by atoms with Crippen molar-refractivity contribution in [3.8, 4) is 0 Å². The zero-order valence-electron chi connectivity index (χ0n) is 9.37. The lowest BCUT2D eigenvalue weighted by molar-refractivity contribution is -0.134. The number of carbonyl (C=O) groups is 2. The fourth-order valence-electron chi connectivity index (χ4n) is 2.32. The molecule has 1 saturated heterocycles. The summed E-state index contributed by atoms with van der Waals surface area (Å²) < 4.78 is 0.888. The molecule has 1 unspecified atom stereocenters. The topological polar surface area (TPSA) is 74.8 Å². The van der Waals surface area contributed by atoms with Gasteiger partial charge in [0.1, 0.15) is 0 Å². The Hall–Kier alpha value is -1.69. The maximum Gasteiger partial charge on any atom is 0.234 e. The van der Waals surface area contributed by atoms with Crippen molar-refractivity contribution in [1.82, 2.24) is 15.5 Å². The molecule has 3 rings (SSSR count). The Labute approximate surface area is 111 Å². The molecule has 6 heteroatoms. The van der Waals surface area contributed by atoms with Crippen molar-refractivity contribution in [2.24, 2.45) is 0 Å². The Bertz CT molecular complexity index is 650. The van der Waals surface area contributed by atoms with Crippen molar-refractivity contribution in [1.29, 1.82) is 0 Å². The van der Waals surface area contributed by atoms with Gasteiger partial charge in [-0.2, -0.15) is 5.10 Å². The standard InChI is InChI=1S/C12H10BrN3O2/c13-6-3-8(9-5-14-16-10(9)4-6)7-1-2-11(17)15-12(7)18/h3-5,7H,1-2H2,(H,14,16)(H,15,17,18). The summed E-state index contributed by atoms with van der Waals surface area (Å²) in [6.45, 7) is 0. The molecule has 2 aromatic rings. The third kappa shape index (κ3) is 1.82. The zero-order chi connectivity index (χ0) is 12.7. The molecular formula is C12H10BrN3O2. The van der Waals surface area contributed by atoms with Crippen LogP contribution < -0.4 is 5.32 Å². The van der Waals surface area contributed by atoms with E-state index in [0.717, 1.165) is 20.9 Å². The summed E-state index contributed by atoms with van der Waals surface area (Å²) in [4.78, 5) is 23.1. The summed E-state index contributed by atoms with van der Waals surface area (Å²) in [6.07, 6.45) is 2.63. The van der Waals surface area contributed by atoms with Crippen LogP contribution in [0.25, 0.3) is 10.9 Å². The van der Waals surface area contributed by atoms with Crippen molar-refractivity contribution >= 4 is 38.6 Å². The van der Waals surface area contributed by atoms with Gasteiger partial charge in [-0.3, -0.25) is 20.0 Å². The highest BCUT2D eigenvalue weighted by Gasteiger charge is 2.29. The van der Waals surface area contributed by atoms with Gasteiger partial charge in [0, 0.05) is 16.3 Å². The van der Waals surface area contributed by atoms with Gasteiger partial charge in [-0.05, 0) is 24.1 Å². The number of imide groups is 1. The number of fused-ring (bicyclic) bond motifs is 1. The van der Waals surface area contributed by atoms with E-state index in [1.807, 2.05) is 12.1 Å². The van der Waals surface area contributed by atoms with Gasteiger partial charge in [-0.25, -0.2) is 0 Å². The number of piperidine rings is 1. The second-order valence-electron chi connectivity index (χ2n) is 4.33. The van der Waals surface area contributed by atoms with Crippen LogP contribution in [0, 0.1) is 0 Å². The summed E-state index contributed by atoms with van der Waals surface area (Å²) >= 11 is 3.42. The molecule has 92 valence electrons. The van der Waals surface area contributed by atoms with Gasteiger partial charge in [-0.1, -0.05) is 15.9 Å². The van der Waals surface area contributed by atoms with Crippen LogP contribution in [-0.4, -0.2) is 22.0 Å². The number of H-pyrrole nitrogens is 1. The molecular weight excluding hydrogens is 298 g/mol. The van der Waals surface area contributed by atoms with Crippen LogP contribution in [0.1, 0.15) is 24.3 Å². The van der Waals surface area contributed by atoms with Crippen molar-refractivity contribution in [3.63, 3.8) is 0 Å². The highest BCUT2D eigenvalue weighted by atomic mass is 79.9. The molecule has 2 N–H and O–H groups in total. The summed E-state index contributed by atoms with van der Waals surface area (Å²) in [7, 11) is 0. The molecule has 0 spiro atoms. The molecule has 1 aromatic heterocycles. The molecule has 0 saturated carbocycles. The fraction of sp³-hybridized carbons (Fsp3) is 0.250. The minimum absolute atomic E-state index is 0.199. The van der Waals surface area contributed by atoms with Gasteiger partial charge in [0.2, 0.25) is 11.8 Å². The quantitative estimate of drug-likeness (QED) is 0.790. The van der Waals surface area contributed by atoms with Gasteiger partial charge in [-0.15, -0.1) is 0 Å². The molecule has 18 heavy (non-hydrogen) atoms. The third-order valence-corrected chi connectivity index (χ3v) is 3.63. The number of amides is 2. The number of halogens is 1. The van der Waals surface area contributed by atoms with Crippen LogP contribution in [0.3, 0.4) is 0 Å². The van der Waals surface area contributed by atoms with Crippen molar-refractivity contribution in [2.45, 2.75) is 18.8 Å². The first-order valence-corrected chi connectivity index (χ1v) is 6.40. The van der Waals surface area contributed by atoms with E-state index in [-0.39, 0.29) is 17.7 Å². The number of aromatic amines is 1. The molecule has 2 heterocycles. The number of aromatic nitrogens is 2. The molecule has 0 bridgehead atoms. The highest BCUT2D eigenvalue weighted by molar-refractivity contribution is 9.10. The second kappa shape index (κ2) is 4.20. The Morgan fingerprint density at radius 2 is 2.17 bits per heavy atom. The largest absolute Gasteiger partial charge is 0.296 e. The van der Waals surface area contributed by atoms with E-state index < -0.39 is 0 Å². The van der Waals surface area contributed by atoms with Gasteiger partial charge in [0.15, 0.2) is 0 Å². The monoisotopic (exact) mass is 307 g/mol. The molecule has 1 aliphatic rings. The van der Waals surface area contributed by atoms with Crippen LogP contribution in [0.2, 0.25) is 0 Å². The number of hydrogen-bond acceptors (Lipinski definition) is 3. The number of nitrogens with one attached hydrogen (secondary N) is 2. The first-order valence-electron chi connectivity index (χ1n) is 5.61. The predicted octanol–water partition coefficient (Wildman–Crippen LogP) is 1.85. The van der Waals surface area contributed by atoms with Gasteiger partial charge < -0.3 is 0 Å². The van der Waals surface area contributed by atoms with Crippen LogP contribution in [0.4, 0.5) is 0 Å². The van der Waals surface area contributed by atoms with E-state index in [4.69, 9.17) is 0 Å². The molecule has 5 nitrogen and oxygen atoms in total. The Morgan fingerprint density at radius 1 is 1.33 bits per heavy atom. The van der Waals surface area contributed by atoms with Crippen LogP contribution in [0.15, 0.2) is 22.8 Å². The minimum atomic E-state index is -0.291. The number of benzene rings is 1. The molecule has 1 aromatic carbocycles. The minimum Gasteiger partial charge on any atom is -0.296 e. The predicted molar refractivity (Wildman–Crippen MR) is 68.9 cm³/mol. The van der Waals surface area contributed by atoms with E-state index in [2.05, 4.69) is 31.4 Å². The summed E-state index contributed by atoms with van der Waals surface area (Å²) in [5.74, 6) is -0.721. The third-order valence-electron chi connectivity index (χ3n) is 3.17. The smallest absolute Gasteiger partial charge is 0.234 e. The summed E-state index contributed by atoms with van der Waals surface area (Å²) in [5, 5.41) is 10.2. The summed E-state index contributed by atoms with van der Waals surface area (Å²) in [6, 6.07) is 3.83. The first-order chi connectivity index (χ1) is 8.65. The number of nitrogens with zero attached hydrogens (tertiary/aromatic N) is 1. The van der Waals surface area contributed by atoms with Gasteiger partial charge >= 0.3 is 0 Å². The lowest BCUT2D eigenvalue weighted by Gasteiger charge is -2.21. The maximum absolute atomic E-state index is 11.9. The van der Waals surface area contributed by atoms with Crippen LogP contribution in [0.5, 0.6) is 0 Å². The second-order valence-corrected chi connectivity index (χ2v) is 5.25. The Balaban J connectivity index is 2.11. The molecule has 1 atom stereocenters. The van der Waals surface area contributed by atoms with Crippen molar-refractivity contribution in [3.05, 3.63) is 28.4 Å². The number of carbonyl (C=O) groups excluding carboxylic acids is 2. The SMILES string of the molecule is O=C1CCC(c2cc(Br)cc3[nH]ncc23)C(=O)N1. The molecule has 0 aliphatic carbocycles. The van der Waals surface area contributed by atoms with E-state index in [1.54, 1.807) is 6.20 Å². The molecule has 2 amide bonds. The summed E-state index contributed by atoms with van der Waals surface area (Å²) in [5.41, 5.74) is 1.78. The van der Waals surface area contributed by atoms with Gasteiger partial charge in [0.25, 0.3) is 0 Å². The van der Waals surface area contributed by atoms with E-state index in [1.165, 1.54) is 0 Å². The average molecular weight is 308 g/mol. The average Bonchev–Trinajstić information content (AvgIpc) is 2.76. The van der Waals surface area contributed by atoms with Crippen LogP contribution >= 0.6 is 15.9 Å². The highest BCUT2D eigenvalue weighted by Crippen LogP contribution is 2.32. The Kier molecular flexibility index (Phi) is 2.66. The lowest BCUT2D eigenvalue weighted by atomic mass is 9.89. The first kappa shape index (κ1) is 11.4. The fourth-order valence-corrected chi connectivity index (χ4v) is 2.80. The zero-order valence-corrected chi connectivity index (χ0v) is 11.0.